The number of oxime groups is 1. The van der Waals surface area contributed by atoms with Crippen LogP contribution in [0.2, 0.25) is 0 Å². The number of fused-ring (bicyclic) bond motifs is 3. The van der Waals surface area contributed by atoms with E-state index in [0.717, 1.165) is 48.6 Å². The first-order chi connectivity index (χ1) is 13.3. The van der Waals surface area contributed by atoms with Gasteiger partial charge in [-0.1, -0.05) is 43.3 Å². The summed E-state index contributed by atoms with van der Waals surface area (Å²) in [6.07, 6.45) is 2.14. The molecule has 2 aromatic rings. The van der Waals surface area contributed by atoms with E-state index in [1.165, 1.54) is 11.1 Å². The molecule has 0 unspecified atom stereocenters. The topological polar surface area (TPSA) is 42.8 Å². The van der Waals surface area contributed by atoms with Crippen molar-refractivity contribution in [2.45, 2.75) is 59.1 Å². The number of hydrogen-bond acceptors (Lipinski definition) is 4. The van der Waals surface area contributed by atoms with Crippen molar-refractivity contribution in [2.24, 2.45) is 5.16 Å². The number of nitrogens with zero attached hydrogens (tertiary/aromatic N) is 1. The highest BCUT2D eigenvalue weighted by atomic mass is 16.6. The maximum atomic E-state index is 6.01. The molecule has 0 aliphatic heterocycles. The first kappa shape index (κ1) is 20.4. The summed E-state index contributed by atoms with van der Waals surface area (Å²) in [4.78, 5) is 5.75. The quantitative estimate of drug-likeness (QED) is 0.421. The van der Waals surface area contributed by atoms with Gasteiger partial charge in [0.15, 0.2) is 0 Å². The summed E-state index contributed by atoms with van der Waals surface area (Å²) in [5, 5.41) is 7.94. The fourth-order valence-electron chi connectivity index (χ4n) is 3.20. The number of unbranched alkanes of at least 4 members (excludes halogenated alkanes) is 1. The zero-order valence-corrected chi connectivity index (χ0v) is 17.7. The van der Waals surface area contributed by atoms with Crippen LogP contribution in [-0.2, 0) is 4.84 Å². The van der Waals surface area contributed by atoms with Crippen LogP contribution in [0.1, 0.15) is 58.6 Å². The highest BCUT2D eigenvalue weighted by Crippen LogP contribution is 2.39. The van der Waals surface area contributed by atoms with Gasteiger partial charge >= 0.3 is 0 Å². The molecule has 1 aliphatic carbocycles. The molecule has 4 nitrogen and oxygen atoms in total. The molecule has 150 valence electrons. The molecule has 0 saturated heterocycles. The van der Waals surface area contributed by atoms with Gasteiger partial charge < -0.3 is 14.9 Å². The van der Waals surface area contributed by atoms with Crippen molar-refractivity contribution in [1.29, 1.82) is 0 Å². The third-order valence-corrected chi connectivity index (χ3v) is 4.52. The Hall–Kier alpha value is -2.33. The molecule has 0 heterocycles. The van der Waals surface area contributed by atoms with Crippen molar-refractivity contribution in [2.75, 3.05) is 13.2 Å². The van der Waals surface area contributed by atoms with Crippen LogP contribution in [0.5, 0.6) is 5.75 Å². The Morgan fingerprint density at radius 3 is 2.36 bits per heavy atom. The minimum absolute atomic E-state index is 0.331. The first-order valence-electron chi connectivity index (χ1n) is 10.2. The third-order valence-electron chi connectivity index (χ3n) is 4.52. The molecule has 0 spiro atoms. The van der Waals surface area contributed by atoms with Crippen molar-refractivity contribution in [3.63, 3.8) is 0 Å². The van der Waals surface area contributed by atoms with E-state index < -0.39 is 0 Å². The first-order valence-corrected chi connectivity index (χ1v) is 10.2. The van der Waals surface area contributed by atoms with Gasteiger partial charge in [-0.25, -0.2) is 0 Å². The SMILES string of the molecule is CC(C)NCCCCOc1ccc2c(c1)/C(=N\OC(C)(C)C)c1ccccc1-2. The van der Waals surface area contributed by atoms with Gasteiger partial charge in [0.25, 0.3) is 0 Å². The average molecular weight is 381 g/mol. The Kier molecular flexibility index (Phi) is 6.40. The van der Waals surface area contributed by atoms with Crippen molar-refractivity contribution in [1.82, 2.24) is 5.32 Å². The van der Waals surface area contributed by atoms with Crippen LogP contribution >= 0.6 is 0 Å². The Labute approximate surface area is 168 Å². The van der Waals surface area contributed by atoms with Crippen LogP contribution in [0, 0.1) is 0 Å². The predicted octanol–water partition coefficient (Wildman–Crippen LogP) is 5.39. The number of ether oxygens (including phenoxy) is 1. The third kappa shape index (κ3) is 5.14. The van der Waals surface area contributed by atoms with Crippen molar-refractivity contribution in [3.05, 3.63) is 53.6 Å². The molecule has 0 bridgehead atoms. The minimum Gasteiger partial charge on any atom is -0.494 e. The Bertz CT molecular complexity index is 835. The summed E-state index contributed by atoms with van der Waals surface area (Å²) in [5.74, 6) is 0.881. The van der Waals surface area contributed by atoms with Crippen molar-refractivity contribution < 1.29 is 9.57 Å². The van der Waals surface area contributed by atoms with E-state index in [0.29, 0.717) is 6.04 Å². The number of rotatable bonds is 8. The highest BCUT2D eigenvalue weighted by Gasteiger charge is 2.26. The predicted molar refractivity (Wildman–Crippen MR) is 116 cm³/mol. The molecule has 0 aromatic heterocycles. The number of hydrogen-bond donors (Lipinski definition) is 1. The lowest BCUT2D eigenvalue weighted by molar-refractivity contribution is 0.00121. The summed E-state index contributed by atoms with van der Waals surface area (Å²) < 4.78 is 6.01. The van der Waals surface area contributed by atoms with E-state index in [4.69, 9.17) is 9.57 Å². The lowest BCUT2D eigenvalue weighted by Crippen LogP contribution is -2.23. The zero-order valence-electron chi connectivity index (χ0n) is 17.7. The van der Waals surface area contributed by atoms with Gasteiger partial charge in [-0.3, -0.25) is 0 Å². The molecule has 0 fully saturated rings. The largest absolute Gasteiger partial charge is 0.494 e. The normalized spacial score (nSPS) is 14.3. The number of nitrogens with one attached hydrogen (secondary N) is 1. The van der Waals surface area contributed by atoms with Gasteiger partial charge in [-0.15, -0.1) is 0 Å². The fraction of sp³-hybridized carbons (Fsp3) is 0.458. The Morgan fingerprint density at radius 1 is 0.929 bits per heavy atom. The summed E-state index contributed by atoms with van der Waals surface area (Å²) in [7, 11) is 0. The highest BCUT2D eigenvalue weighted by molar-refractivity contribution is 6.24. The maximum Gasteiger partial charge on any atom is 0.129 e. The van der Waals surface area contributed by atoms with E-state index >= 15 is 0 Å². The van der Waals surface area contributed by atoms with E-state index in [2.05, 4.69) is 60.7 Å². The lowest BCUT2D eigenvalue weighted by atomic mass is 10.1. The second-order valence-corrected chi connectivity index (χ2v) is 8.56. The minimum atomic E-state index is -0.331. The second kappa shape index (κ2) is 8.78. The average Bonchev–Trinajstić information content (AvgIpc) is 2.95. The van der Waals surface area contributed by atoms with E-state index in [1.54, 1.807) is 0 Å². The van der Waals surface area contributed by atoms with Gasteiger partial charge in [0.1, 0.15) is 17.1 Å². The van der Waals surface area contributed by atoms with E-state index in [9.17, 15) is 0 Å². The lowest BCUT2D eigenvalue weighted by Gasteiger charge is -2.16. The van der Waals surface area contributed by atoms with Gasteiger partial charge in [0.2, 0.25) is 0 Å². The molecule has 1 aliphatic rings. The molecule has 3 rings (SSSR count). The van der Waals surface area contributed by atoms with Crippen molar-refractivity contribution in [3.8, 4) is 16.9 Å². The van der Waals surface area contributed by atoms with Gasteiger partial charge in [-0.2, -0.15) is 0 Å². The maximum absolute atomic E-state index is 6.01. The summed E-state index contributed by atoms with van der Waals surface area (Å²) in [5.41, 5.74) is 5.11. The van der Waals surface area contributed by atoms with Crippen LogP contribution in [0.25, 0.3) is 11.1 Å². The van der Waals surface area contributed by atoms with Gasteiger partial charge in [0.05, 0.1) is 6.61 Å². The molecular formula is C24H32N2O2. The number of benzene rings is 2. The van der Waals surface area contributed by atoms with Crippen LogP contribution in [0.3, 0.4) is 0 Å². The van der Waals surface area contributed by atoms with Crippen LogP contribution in [0.4, 0.5) is 0 Å². The smallest absolute Gasteiger partial charge is 0.129 e. The van der Waals surface area contributed by atoms with E-state index in [-0.39, 0.29) is 5.60 Å². The molecule has 1 N–H and O–H groups in total. The standard InChI is InChI=1S/C24H32N2O2/c1-17(2)25-14-8-9-15-27-18-12-13-20-19-10-6-7-11-21(19)23(22(20)16-18)26-28-24(3,4)5/h6-7,10-13,16-17,25H,8-9,14-15H2,1-5H3/b26-23-. The summed E-state index contributed by atoms with van der Waals surface area (Å²) in [6, 6.07) is 15.1. The van der Waals surface area contributed by atoms with Crippen LogP contribution in [0.15, 0.2) is 47.6 Å². The second-order valence-electron chi connectivity index (χ2n) is 8.56. The molecular weight excluding hydrogens is 348 g/mol. The van der Waals surface area contributed by atoms with Crippen LogP contribution in [-0.4, -0.2) is 30.5 Å². The monoisotopic (exact) mass is 380 g/mol. The van der Waals surface area contributed by atoms with E-state index in [1.807, 2.05) is 26.8 Å². The summed E-state index contributed by atoms with van der Waals surface area (Å²) >= 11 is 0. The fourth-order valence-corrected chi connectivity index (χ4v) is 3.20. The molecule has 0 amide bonds. The van der Waals surface area contributed by atoms with Gasteiger partial charge in [0, 0.05) is 17.2 Å². The Morgan fingerprint density at radius 2 is 1.64 bits per heavy atom. The molecule has 28 heavy (non-hydrogen) atoms. The molecule has 4 heteroatoms. The van der Waals surface area contributed by atoms with Gasteiger partial charge in [-0.05, 0) is 69.5 Å². The molecule has 0 radical (unpaired) electrons. The summed E-state index contributed by atoms with van der Waals surface area (Å²) in [6.45, 7) is 12.1. The van der Waals surface area contributed by atoms with Crippen molar-refractivity contribution >= 4 is 5.71 Å². The molecule has 0 atom stereocenters. The van der Waals surface area contributed by atoms with Crippen LogP contribution < -0.4 is 10.1 Å². The zero-order chi connectivity index (χ0) is 20.1. The molecule has 2 aromatic carbocycles. The Balaban J connectivity index is 1.73. The molecule has 0 saturated carbocycles.